The Labute approximate surface area is 125 Å². The number of pyridine rings is 1. The Morgan fingerprint density at radius 1 is 1.24 bits per heavy atom. The minimum absolute atomic E-state index is 0.0458. The highest BCUT2D eigenvalue weighted by Crippen LogP contribution is 2.24. The predicted octanol–water partition coefficient (Wildman–Crippen LogP) is 0.454. The number of piperazine rings is 1. The van der Waals surface area contributed by atoms with Crippen LogP contribution >= 0.6 is 0 Å². The van der Waals surface area contributed by atoms with Gasteiger partial charge < -0.3 is 16.0 Å². The lowest BCUT2D eigenvalue weighted by Crippen LogP contribution is -2.54. The third-order valence-electron chi connectivity index (χ3n) is 4.43. The van der Waals surface area contributed by atoms with Gasteiger partial charge in [-0.05, 0) is 25.3 Å². The van der Waals surface area contributed by atoms with Crippen LogP contribution in [0.25, 0.3) is 0 Å². The smallest absolute Gasteiger partial charge is 0.237 e. The van der Waals surface area contributed by atoms with Gasteiger partial charge in [-0.2, -0.15) is 0 Å². The lowest BCUT2D eigenvalue weighted by molar-refractivity contribution is -0.126. The largest absolute Gasteiger partial charge is 0.396 e. The molecule has 2 fully saturated rings. The quantitative estimate of drug-likeness (QED) is 0.827. The average molecular weight is 289 g/mol. The highest BCUT2D eigenvalue weighted by atomic mass is 16.2. The molecule has 3 N–H and O–H groups in total. The van der Waals surface area contributed by atoms with E-state index in [4.69, 9.17) is 5.73 Å². The Hall–Kier alpha value is -1.82. The molecule has 1 aromatic heterocycles. The molecule has 1 unspecified atom stereocenters. The SMILES string of the molecule is Nc1cnccc1N1CCN(C2CCCCNC2=O)CC1. The third kappa shape index (κ3) is 3.10. The van der Waals surface area contributed by atoms with Crippen molar-refractivity contribution in [2.75, 3.05) is 43.4 Å². The zero-order valence-electron chi connectivity index (χ0n) is 12.3. The van der Waals surface area contributed by atoms with E-state index in [1.807, 2.05) is 6.07 Å². The number of rotatable bonds is 2. The van der Waals surface area contributed by atoms with Crippen molar-refractivity contribution in [2.24, 2.45) is 0 Å². The second-order valence-electron chi connectivity index (χ2n) is 5.76. The maximum Gasteiger partial charge on any atom is 0.237 e. The van der Waals surface area contributed by atoms with Crippen LogP contribution in [0, 0.1) is 0 Å². The first-order valence-corrected chi connectivity index (χ1v) is 7.72. The van der Waals surface area contributed by atoms with E-state index in [0.717, 1.165) is 63.4 Å². The summed E-state index contributed by atoms with van der Waals surface area (Å²) in [5.74, 6) is 0.198. The molecule has 3 heterocycles. The summed E-state index contributed by atoms with van der Waals surface area (Å²) < 4.78 is 0. The number of hydrogen-bond donors (Lipinski definition) is 2. The summed E-state index contributed by atoms with van der Waals surface area (Å²) in [6.07, 6.45) is 6.66. The van der Waals surface area contributed by atoms with E-state index in [1.165, 1.54) is 0 Å². The molecule has 2 aliphatic rings. The minimum atomic E-state index is 0.0458. The normalized spacial score (nSPS) is 24.5. The van der Waals surface area contributed by atoms with Gasteiger partial charge in [-0.25, -0.2) is 0 Å². The molecule has 1 atom stereocenters. The van der Waals surface area contributed by atoms with Crippen LogP contribution in [-0.4, -0.2) is 54.6 Å². The standard InChI is InChI=1S/C15H23N5O/c16-12-11-17-6-4-13(12)19-7-9-20(10-8-19)14-3-1-2-5-18-15(14)21/h4,6,11,14H,1-3,5,7-10,16H2,(H,18,21). The highest BCUT2D eigenvalue weighted by molar-refractivity contribution is 5.82. The summed E-state index contributed by atoms with van der Waals surface area (Å²) in [6, 6.07) is 2.01. The molecule has 2 saturated heterocycles. The van der Waals surface area contributed by atoms with Crippen molar-refractivity contribution in [1.29, 1.82) is 0 Å². The molecule has 114 valence electrons. The second kappa shape index (κ2) is 6.30. The number of nitrogens with zero attached hydrogens (tertiary/aromatic N) is 3. The molecular formula is C15H23N5O. The van der Waals surface area contributed by atoms with E-state index in [2.05, 4.69) is 20.1 Å². The maximum atomic E-state index is 12.1. The van der Waals surface area contributed by atoms with Crippen LogP contribution in [0.3, 0.4) is 0 Å². The number of carbonyl (C=O) groups is 1. The topological polar surface area (TPSA) is 74.5 Å². The van der Waals surface area contributed by atoms with Crippen molar-refractivity contribution in [2.45, 2.75) is 25.3 Å². The summed E-state index contributed by atoms with van der Waals surface area (Å²) >= 11 is 0. The van der Waals surface area contributed by atoms with Crippen LogP contribution in [0.15, 0.2) is 18.5 Å². The molecule has 0 bridgehead atoms. The third-order valence-corrected chi connectivity index (χ3v) is 4.43. The zero-order chi connectivity index (χ0) is 14.7. The van der Waals surface area contributed by atoms with Gasteiger partial charge in [-0.15, -0.1) is 0 Å². The minimum Gasteiger partial charge on any atom is -0.396 e. The lowest BCUT2D eigenvalue weighted by Gasteiger charge is -2.39. The number of aromatic nitrogens is 1. The van der Waals surface area contributed by atoms with E-state index >= 15 is 0 Å². The molecule has 21 heavy (non-hydrogen) atoms. The molecule has 6 heteroatoms. The number of hydrogen-bond acceptors (Lipinski definition) is 5. The van der Waals surface area contributed by atoms with Crippen LogP contribution in [0.4, 0.5) is 11.4 Å². The summed E-state index contributed by atoms with van der Waals surface area (Å²) in [7, 11) is 0. The number of nitrogen functional groups attached to an aromatic ring is 1. The molecule has 2 aliphatic heterocycles. The molecule has 0 aromatic carbocycles. The van der Waals surface area contributed by atoms with Crippen molar-refractivity contribution in [1.82, 2.24) is 15.2 Å². The molecule has 6 nitrogen and oxygen atoms in total. The Bertz CT molecular complexity index is 499. The van der Waals surface area contributed by atoms with Crippen molar-refractivity contribution >= 4 is 17.3 Å². The number of amides is 1. The first kappa shape index (κ1) is 14.1. The van der Waals surface area contributed by atoms with Gasteiger partial charge in [0.25, 0.3) is 0 Å². The predicted molar refractivity (Wildman–Crippen MR) is 83.1 cm³/mol. The molecule has 0 radical (unpaired) electrons. The van der Waals surface area contributed by atoms with Gasteiger partial charge >= 0.3 is 0 Å². The lowest BCUT2D eigenvalue weighted by atomic mass is 10.1. The van der Waals surface area contributed by atoms with Crippen molar-refractivity contribution in [3.8, 4) is 0 Å². The van der Waals surface area contributed by atoms with E-state index in [0.29, 0.717) is 0 Å². The summed E-state index contributed by atoms with van der Waals surface area (Å²) in [4.78, 5) is 20.8. The number of anilines is 2. The van der Waals surface area contributed by atoms with Crippen molar-refractivity contribution < 1.29 is 4.79 Å². The van der Waals surface area contributed by atoms with E-state index in [9.17, 15) is 4.79 Å². The Balaban J connectivity index is 1.62. The van der Waals surface area contributed by atoms with Gasteiger partial charge in [0.2, 0.25) is 5.91 Å². The van der Waals surface area contributed by atoms with Gasteiger partial charge in [-0.3, -0.25) is 14.7 Å². The zero-order valence-corrected chi connectivity index (χ0v) is 12.3. The molecule has 1 aromatic rings. The van der Waals surface area contributed by atoms with Crippen molar-refractivity contribution in [3.05, 3.63) is 18.5 Å². The fraction of sp³-hybridized carbons (Fsp3) is 0.600. The van der Waals surface area contributed by atoms with Crippen LogP contribution < -0.4 is 16.0 Å². The molecule has 3 rings (SSSR count). The van der Waals surface area contributed by atoms with Gasteiger partial charge in [-0.1, -0.05) is 0 Å². The first-order valence-electron chi connectivity index (χ1n) is 7.72. The monoisotopic (exact) mass is 289 g/mol. The molecule has 0 aliphatic carbocycles. The maximum absolute atomic E-state index is 12.1. The molecule has 0 saturated carbocycles. The Morgan fingerprint density at radius 2 is 2.05 bits per heavy atom. The van der Waals surface area contributed by atoms with Crippen LogP contribution in [0.5, 0.6) is 0 Å². The second-order valence-corrected chi connectivity index (χ2v) is 5.76. The van der Waals surface area contributed by atoms with E-state index < -0.39 is 0 Å². The Morgan fingerprint density at radius 3 is 2.81 bits per heavy atom. The van der Waals surface area contributed by atoms with Gasteiger partial charge in [0.05, 0.1) is 23.6 Å². The summed E-state index contributed by atoms with van der Waals surface area (Å²) in [5, 5.41) is 3.02. The van der Waals surface area contributed by atoms with Crippen LogP contribution in [0.2, 0.25) is 0 Å². The van der Waals surface area contributed by atoms with Gasteiger partial charge in [0.15, 0.2) is 0 Å². The summed E-state index contributed by atoms with van der Waals surface area (Å²) in [6.45, 7) is 4.43. The first-order chi connectivity index (χ1) is 10.3. The molecule has 1 amide bonds. The highest BCUT2D eigenvalue weighted by Gasteiger charge is 2.30. The summed E-state index contributed by atoms with van der Waals surface area (Å²) in [5.41, 5.74) is 7.76. The van der Waals surface area contributed by atoms with Gasteiger partial charge in [0, 0.05) is 38.9 Å². The molecule has 0 spiro atoms. The fourth-order valence-electron chi connectivity index (χ4n) is 3.23. The van der Waals surface area contributed by atoms with Crippen molar-refractivity contribution in [3.63, 3.8) is 0 Å². The average Bonchev–Trinajstić information content (AvgIpc) is 2.73. The number of nitrogens with two attached hydrogens (primary N) is 1. The number of nitrogens with one attached hydrogen (secondary N) is 1. The van der Waals surface area contributed by atoms with Gasteiger partial charge in [0.1, 0.15) is 0 Å². The van der Waals surface area contributed by atoms with Crippen LogP contribution in [0.1, 0.15) is 19.3 Å². The van der Waals surface area contributed by atoms with E-state index in [-0.39, 0.29) is 11.9 Å². The number of carbonyl (C=O) groups excluding carboxylic acids is 1. The Kier molecular flexibility index (Phi) is 4.24. The van der Waals surface area contributed by atoms with E-state index in [1.54, 1.807) is 12.4 Å². The molecular weight excluding hydrogens is 266 g/mol. The fourth-order valence-corrected chi connectivity index (χ4v) is 3.23. The van der Waals surface area contributed by atoms with Crippen LogP contribution in [-0.2, 0) is 4.79 Å².